The topological polar surface area (TPSA) is 0 Å². The van der Waals surface area contributed by atoms with Gasteiger partial charge in [0.15, 0.2) is 0 Å². The van der Waals surface area contributed by atoms with E-state index < -0.39 is 0 Å². The average molecular weight is 280 g/mol. The molecule has 20 heavy (non-hydrogen) atoms. The van der Waals surface area contributed by atoms with Gasteiger partial charge in [0, 0.05) is 0 Å². The van der Waals surface area contributed by atoms with Crippen LogP contribution in [0, 0.1) is 23.7 Å². The van der Waals surface area contributed by atoms with Crippen molar-refractivity contribution in [3.8, 4) is 0 Å². The third-order valence-corrected chi connectivity index (χ3v) is 5.76. The van der Waals surface area contributed by atoms with Crippen LogP contribution in [0.1, 0.15) is 77.6 Å². The third-order valence-electron chi connectivity index (χ3n) is 5.76. The van der Waals surface area contributed by atoms with Crippen molar-refractivity contribution in [3.05, 3.63) is 12.2 Å². The summed E-state index contributed by atoms with van der Waals surface area (Å²) in [5.41, 5.74) is 0. The van der Waals surface area contributed by atoms with Gasteiger partial charge in [-0.2, -0.15) is 0 Å². The molecule has 0 spiro atoms. The number of allylic oxidation sites excluding steroid dienone is 2. The van der Waals surface area contributed by atoms with E-state index >= 15 is 0 Å². The van der Waals surface area contributed by atoms with Crippen LogP contribution in [0.15, 0.2) is 12.2 Å². The van der Waals surface area contributed by atoms with Crippen LogP contribution in [-0.2, 0) is 0 Å². The number of halogens is 1. The summed E-state index contributed by atoms with van der Waals surface area (Å²) in [6, 6.07) is 0. The lowest BCUT2D eigenvalue weighted by Crippen LogP contribution is -2.25. The summed E-state index contributed by atoms with van der Waals surface area (Å²) in [4.78, 5) is 0. The molecule has 0 nitrogen and oxygen atoms in total. The van der Waals surface area contributed by atoms with Crippen LogP contribution >= 0.6 is 0 Å². The smallest absolute Gasteiger partial charge is 0.0894 e. The van der Waals surface area contributed by atoms with Gasteiger partial charge in [0.25, 0.3) is 0 Å². The predicted molar refractivity (Wildman–Crippen MR) is 85.5 cm³/mol. The molecule has 2 aliphatic rings. The lowest BCUT2D eigenvalue weighted by molar-refractivity contribution is 0.151. The number of rotatable bonds is 6. The lowest BCUT2D eigenvalue weighted by atomic mass is 9.68. The van der Waals surface area contributed by atoms with Crippen molar-refractivity contribution >= 4 is 0 Å². The molecule has 1 heteroatoms. The summed E-state index contributed by atoms with van der Waals surface area (Å²) in [6.07, 6.45) is 19.3. The van der Waals surface area contributed by atoms with E-state index in [4.69, 9.17) is 0 Å². The zero-order valence-corrected chi connectivity index (χ0v) is 13.3. The van der Waals surface area contributed by atoms with Gasteiger partial charge in [-0.05, 0) is 81.5 Å². The SMILES string of the molecule is CCC=CC1CCC(C2CCC(CCCF)CC2)CC1. The summed E-state index contributed by atoms with van der Waals surface area (Å²) in [5, 5.41) is 0. The highest BCUT2D eigenvalue weighted by atomic mass is 19.1. The molecule has 2 aliphatic carbocycles. The maximum absolute atomic E-state index is 12.2. The Labute approximate surface area is 125 Å². The maximum atomic E-state index is 12.2. The van der Waals surface area contributed by atoms with Gasteiger partial charge in [0.2, 0.25) is 0 Å². The number of hydrogen-bond donors (Lipinski definition) is 0. The van der Waals surface area contributed by atoms with Crippen molar-refractivity contribution in [1.29, 1.82) is 0 Å². The second-order valence-corrected chi connectivity index (χ2v) is 7.12. The van der Waals surface area contributed by atoms with Crippen LogP contribution < -0.4 is 0 Å². The van der Waals surface area contributed by atoms with E-state index in [1.54, 1.807) is 0 Å². The molecule has 0 heterocycles. The highest BCUT2D eigenvalue weighted by Gasteiger charge is 2.30. The molecule has 2 saturated carbocycles. The minimum absolute atomic E-state index is 0.116. The molecule has 0 aliphatic heterocycles. The van der Waals surface area contributed by atoms with Crippen LogP contribution in [0.3, 0.4) is 0 Å². The van der Waals surface area contributed by atoms with Gasteiger partial charge in [-0.3, -0.25) is 4.39 Å². The zero-order valence-electron chi connectivity index (χ0n) is 13.3. The number of hydrogen-bond acceptors (Lipinski definition) is 0. The minimum Gasteiger partial charge on any atom is -0.251 e. The first-order valence-corrected chi connectivity index (χ1v) is 9.06. The molecule has 0 unspecified atom stereocenters. The molecule has 0 aromatic heterocycles. The number of alkyl halides is 1. The van der Waals surface area contributed by atoms with Crippen LogP contribution in [0.5, 0.6) is 0 Å². The molecule has 0 atom stereocenters. The first-order chi connectivity index (χ1) is 9.83. The van der Waals surface area contributed by atoms with Crippen molar-refractivity contribution in [2.45, 2.75) is 77.6 Å². The molecular formula is C19H33F. The van der Waals surface area contributed by atoms with Gasteiger partial charge in [0.1, 0.15) is 0 Å². The summed E-state index contributed by atoms with van der Waals surface area (Å²) >= 11 is 0. The zero-order chi connectivity index (χ0) is 14.2. The molecule has 2 rings (SSSR count). The molecule has 2 fully saturated rings. The second kappa shape index (κ2) is 8.85. The first kappa shape index (κ1) is 16.0. The third kappa shape index (κ3) is 4.90. The van der Waals surface area contributed by atoms with Gasteiger partial charge in [-0.1, -0.05) is 31.9 Å². The highest BCUT2D eigenvalue weighted by molar-refractivity contribution is 4.91. The molecule has 0 aromatic carbocycles. The fraction of sp³-hybridized carbons (Fsp3) is 0.895. The highest BCUT2D eigenvalue weighted by Crippen LogP contribution is 2.42. The van der Waals surface area contributed by atoms with E-state index in [0.717, 1.165) is 36.5 Å². The van der Waals surface area contributed by atoms with Gasteiger partial charge in [-0.25, -0.2) is 0 Å². The van der Waals surface area contributed by atoms with E-state index in [1.807, 2.05) is 0 Å². The first-order valence-electron chi connectivity index (χ1n) is 9.06. The van der Waals surface area contributed by atoms with Crippen molar-refractivity contribution in [2.75, 3.05) is 6.67 Å². The monoisotopic (exact) mass is 280 g/mol. The second-order valence-electron chi connectivity index (χ2n) is 7.12. The van der Waals surface area contributed by atoms with E-state index in [1.165, 1.54) is 57.8 Å². The van der Waals surface area contributed by atoms with Crippen LogP contribution in [-0.4, -0.2) is 6.67 Å². The predicted octanol–water partition coefficient (Wildman–Crippen LogP) is 6.32. The Morgan fingerprint density at radius 1 is 0.900 bits per heavy atom. The fourth-order valence-electron chi connectivity index (χ4n) is 4.45. The molecule has 0 amide bonds. The van der Waals surface area contributed by atoms with Crippen molar-refractivity contribution in [3.63, 3.8) is 0 Å². The van der Waals surface area contributed by atoms with Gasteiger partial charge < -0.3 is 0 Å². The Morgan fingerprint density at radius 2 is 1.50 bits per heavy atom. The Balaban J connectivity index is 1.66. The van der Waals surface area contributed by atoms with Gasteiger partial charge >= 0.3 is 0 Å². The summed E-state index contributed by atoms with van der Waals surface area (Å²) in [6.45, 7) is 2.11. The van der Waals surface area contributed by atoms with Crippen LogP contribution in [0.2, 0.25) is 0 Å². The fourth-order valence-corrected chi connectivity index (χ4v) is 4.45. The quantitative estimate of drug-likeness (QED) is 0.500. The molecular weight excluding hydrogens is 247 g/mol. The van der Waals surface area contributed by atoms with Crippen LogP contribution in [0.4, 0.5) is 4.39 Å². The molecule has 0 saturated heterocycles. The minimum atomic E-state index is -0.116. The molecule has 0 aromatic rings. The van der Waals surface area contributed by atoms with E-state index in [0.29, 0.717) is 0 Å². The van der Waals surface area contributed by atoms with E-state index in [2.05, 4.69) is 19.1 Å². The van der Waals surface area contributed by atoms with Crippen LogP contribution in [0.25, 0.3) is 0 Å². The molecule has 0 N–H and O–H groups in total. The Bertz CT molecular complexity index is 267. The summed E-state index contributed by atoms with van der Waals surface area (Å²) < 4.78 is 12.2. The lowest BCUT2D eigenvalue weighted by Gasteiger charge is -2.37. The van der Waals surface area contributed by atoms with E-state index in [-0.39, 0.29) is 6.67 Å². The van der Waals surface area contributed by atoms with Gasteiger partial charge in [0.05, 0.1) is 6.67 Å². The average Bonchev–Trinajstić information content (AvgIpc) is 2.52. The normalized spacial score (nSPS) is 35.5. The molecule has 0 bridgehead atoms. The van der Waals surface area contributed by atoms with Gasteiger partial charge in [-0.15, -0.1) is 0 Å². The largest absolute Gasteiger partial charge is 0.251 e. The van der Waals surface area contributed by atoms with Crippen molar-refractivity contribution in [2.24, 2.45) is 23.7 Å². The summed E-state index contributed by atoms with van der Waals surface area (Å²) in [7, 11) is 0. The maximum Gasteiger partial charge on any atom is 0.0894 e. The Hall–Kier alpha value is -0.330. The molecule has 116 valence electrons. The Kier molecular flexibility index (Phi) is 7.10. The van der Waals surface area contributed by atoms with Crippen molar-refractivity contribution < 1.29 is 4.39 Å². The standard InChI is InChI=1S/C19H33F/c1-2-3-5-16-7-11-18(12-8-16)19-13-9-17(10-14-19)6-4-15-20/h3,5,16-19H,2,4,6-15H2,1H3. The summed E-state index contributed by atoms with van der Waals surface area (Å²) in [5.74, 6) is 3.70. The van der Waals surface area contributed by atoms with Crippen molar-refractivity contribution in [1.82, 2.24) is 0 Å². The molecule has 0 radical (unpaired) electrons. The Morgan fingerprint density at radius 3 is 2.05 bits per heavy atom. The van der Waals surface area contributed by atoms with E-state index in [9.17, 15) is 4.39 Å².